The van der Waals surface area contributed by atoms with Gasteiger partial charge in [-0.3, -0.25) is 9.13 Å². The first-order valence-corrected chi connectivity index (χ1v) is 16.1. The maximum absolute atomic E-state index is 14.1. The second-order valence-electron chi connectivity index (χ2n) is 12.0. The van der Waals surface area contributed by atoms with Crippen molar-refractivity contribution in [2.24, 2.45) is 0 Å². The summed E-state index contributed by atoms with van der Waals surface area (Å²) in [5, 5.41) is 7.33. The number of hydrogen-bond acceptors (Lipinski definition) is 1. The highest BCUT2D eigenvalue weighted by molar-refractivity contribution is 6.21. The second-order valence-corrected chi connectivity index (χ2v) is 12.0. The van der Waals surface area contributed by atoms with Gasteiger partial charge in [0.05, 0.1) is 22.8 Å². The quantitative estimate of drug-likeness (QED) is 0.184. The molecule has 1 aromatic heterocycles. The summed E-state index contributed by atoms with van der Waals surface area (Å²) in [6, 6.07) is 51.1. The molecule has 0 fully saturated rings. The van der Waals surface area contributed by atoms with Crippen molar-refractivity contribution in [2.75, 3.05) is 0 Å². The standard InChI is InChI=1S/C44H30N2O/c47-44-45(34-15-3-1-4-16-34)40-21-5-2-6-22-41(40)46(44)35-27-25-31(26-28-35)42-36-17-9-11-19-38(36)43(39-20-12-10-18-37(39)42)33-24-23-30-13-7-8-14-32(30)29-33/h1,3-29H,2H2. The zero-order chi connectivity index (χ0) is 31.3. The molecule has 0 unspecified atom stereocenters. The van der Waals surface area contributed by atoms with Gasteiger partial charge in [0.25, 0.3) is 0 Å². The van der Waals surface area contributed by atoms with Crippen molar-refractivity contribution in [2.45, 2.75) is 6.42 Å². The van der Waals surface area contributed by atoms with Crippen molar-refractivity contribution in [3.05, 3.63) is 180 Å². The van der Waals surface area contributed by atoms with Gasteiger partial charge in [-0.05, 0) is 103 Å². The number of nitrogens with zero attached hydrogens (tertiary/aromatic N) is 2. The highest BCUT2D eigenvalue weighted by atomic mass is 16.1. The van der Waals surface area contributed by atoms with Crippen molar-refractivity contribution in [1.29, 1.82) is 0 Å². The Morgan fingerprint density at radius 1 is 0.426 bits per heavy atom. The van der Waals surface area contributed by atoms with E-state index in [1.807, 2.05) is 39.5 Å². The van der Waals surface area contributed by atoms with Crippen LogP contribution in [-0.4, -0.2) is 9.13 Å². The zero-order valence-corrected chi connectivity index (χ0v) is 25.7. The van der Waals surface area contributed by atoms with Gasteiger partial charge in [0, 0.05) is 0 Å². The summed E-state index contributed by atoms with van der Waals surface area (Å²) in [6.45, 7) is 0. The van der Waals surface area contributed by atoms with Gasteiger partial charge in [-0.1, -0.05) is 127 Å². The molecule has 0 atom stereocenters. The van der Waals surface area contributed by atoms with Gasteiger partial charge in [-0.2, -0.15) is 0 Å². The van der Waals surface area contributed by atoms with Gasteiger partial charge in [0.1, 0.15) is 0 Å². The summed E-state index contributed by atoms with van der Waals surface area (Å²) in [7, 11) is 0. The van der Waals surface area contributed by atoms with Crippen LogP contribution in [0.25, 0.3) is 78.1 Å². The van der Waals surface area contributed by atoms with E-state index in [1.54, 1.807) is 0 Å². The second kappa shape index (κ2) is 11.0. The molecule has 0 N–H and O–H groups in total. The normalized spacial score (nSPS) is 12.5. The molecule has 47 heavy (non-hydrogen) atoms. The van der Waals surface area contributed by atoms with E-state index in [4.69, 9.17) is 0 Å². The minimum Gasteiger partial charge on any atom is -0.260 e. The predicted octanol–water partition coefficient (Wildman–Crippen LogP) is 10.9. The van der Waals surface area contributed by atoms with E-state index in [2.05, 4.69) is 140 Å². The fraction of sp³-hybridized carbons (Fsp3) is 0.0227. The Morgan fingerprint density at radius 3 is 1.49 bits per heavy atom. The van der Waals surface area contributed by atoms with Gasteiger partial charge in [-0.15, -0.1) is 0 Å². The van der Waals surface area contributed by atoms with Crippen LogP contribution < -0.4 is 5.69 Å². The van der Waals surface area contributed by atoms with Crippen LogP contribution in [0.3, 0.4) is 0 Å². The van der Waals surface area contributed by atoms with Gasteiger partial charge in [0.2, 0.25) is 0 Å². The lowest BCUT2D eigenvalue weighted by Gasteiger charge is -2.18. The van der Waals surface area contributed by atoms with Gasteiger partial charge < -0.3 is 0 Å². The largest absolute Gasteiger partial charge is 0.338 e. The van der Waals surface area contributed by atoms with E-state index >= 15 is 0 Å². The Kier molecular flexibility index (Phi) is 6.36. The third-order valence-corrected chi connectivity index (χ3v) is 9.35. The molecule has 222 valence electrons. The molecule has 3 nitrogen and oxygen atoms in total. The summed E-state index contributed by atoms with van der Waals surface area (Å²) >= 11 is 0. The summed E-state index contributed by atoms with van der Waals surface area (Å²) < 4.78 is 3.64. The van der Waals surface area contributed by atoms with E-state index in [9.17, 15) is 4.79 Å². The predicted molar refractivity (Wildman–Crippen MR) is 197 cm³/mol. The number of allylic oxidation sites excluding steroid dienone is 2. The van der Waals surface area contributed by atoms with Crippen molar-refractivity contribution in [3.8, 4) is 33.6 Å². The minimum atomic E-state index is -0.0826. The lowest BCUT2D eigenvalue weighted by Crippen LogP contribution is -2.23. The van der Waals surface area contributed by atoms with E-state index in [1.165, 1.54) is 49.0 Å². The lowest BCUT2D eigenvalue weighted by molar-refractivity contribution is 0.902. The minimum absolute atomic E-state index is 0.0826. The number of benzene rings is 7. The van der Waals surface area contributed by atoms with E-state index in [0.717, 1.165) is 34.7 Å². The van der Waals surface area contributed by atoms with E-state index in [0.29, 0.717) is 0 Å². The molecule has 7 aromatic carbocycles. The van der Waals surface area contributed by atoms with Crippen LogP contribution in [0.15, 0.2) is 163 Å². The third-order valence-electron chi connectivity index (χ3n) is 9.35. The molecule has 8 aromatic rings. The van der Waals surface area contributed by atoms with Crippen LogP contribution >= 0.6 is 0 Å². The molecule has 0 amide bonds. The topological polar surface area (TPSA) is 26.9 Å². The Hall–Kier alpha value is -6.19. The fourth-order valence-corrected chi connectivity index (χ4v) is 7.24. The Bertz CT molecular complexity index is 2540. The molecule has 0 saturated carbocycles. The number of para-hydroxylation sites is 1. The zero-order valence-electron chi connectivity index (χ0n) is 25.7. The molecular weight excluding hydrogens is 572 g/mol. The average Bonchev–Trinajstić information content (AvgIpc) is 3.23. The summed E-state index contributed by atoms with van der Waals surface area (Å²) in [6.07, 6.45) is 9.16. The Morgan fingerprint density at radius 2 is 0.894 bits per heavy atom. The maximum atomic E-state index is 14.1. The third kappa shape index (κ3) is 4.39. The van der Waals surface area contributed by atoms with Gasteiger partial charge in [0.15, 0.2) is 0 Å². The van der Waals surface area contributed by atoms with Crippen LogP contribution in [0.2, 0.25) is 0 Å². The first-order valence-electron chi connectivity index (χ1n) is 16.1. The van der Waals surface area contributed by atoms with Crippen molar-refractivity contribution >= 4 is 44.5 Å². The first-order chi connectivity index (χ1) is 23.3. The lowest BCUT2D eigenvalue weighted by atomic mass is 9.85. The van der Waals surface area contributed by atoms with Crippen LogP contribution in [0, 0.1) is 0 Å². The fourth-order valence-electron chi connectivity index (χ4n) is 7.24. The molecular formula is C44H30N2O. The monoisotopic (exact) mass is 602 g/mol. The number of hydrogen-bond donors (Lipinski definition) is 0. The van der Waals surface area contributed by atoms with Crippen LogP contribution in [0.1, 0.15) is 17.8 Å². The number of imidazole rings is 1. The van der Waals surface area contributed by atoms with Crippen LogP contribution in [-0.2, 0) is 0 Å². The molecule has 0 aliphatic heterocycles. The molecule has 0 radical (unpaired) electrons. The van der Waals surface area contributed by atoms with Crippen molar-refractivity contribution < 1.29 is 0 Å². The number of rotatable bonds is 4. The highest BCUT2D eigenvalue weighted by Gasteiger charge is 2.21. The summed E-state index contributed by atoms with van der Waals surface area (Å²) in [4.78, 5) is 14.1. The Balaban J connectivity index is 1.24. The first kappa shape index (κ1) is 27.1. The van der Waals surface area contributed by atoms with Crippen molar-refractivity contribution in [3.63, 3.8) is 0 Å². The summed E-state index contributed by atoms with van der Waals surface area (Å²) in [5.41, 5.74) is 8.16. The molecule has 9 rings (SSSR count). The molecule has 1 aliphatic carbocycles. The van der Waals surface area contributed by atoms with Gasteiger partial charge >= 0.3 is 5.69 Å². The maximum Gasteiger partial charge on any atom is 0.338 e. The van der Waals surface area contributed by atoms with Crippen LogP contribution in [0.5, 0.6) is 0 Å². The summed E-state index contributed by atoms with van der Waals surface area (Å²) in [5.74, 6) is 0. The number of fused-ring (bicyclic) bond motifs is 4. The van der Waals surface area contributed by atoms with Crippen molar-refractivity contribution in [1.82, 2.24) is 9.13 Å². The molecule has 0 saturated heterocycles. The van der Waals surface area contributed by atoms with Gasteiger partial charge in [-0.25, -0.2) is 4.79 Å². The average molecular weight is 603 g/mol. The Labute approximate surface area is 272 Å². The SMILES string of the molecule is O=c1n(-c2ccccc2)c2c(n1-c1ccc(-c3c4ccccc4c(-c4ccc5ccccc5c4)c4ccccc34)cc1)C=CCC=C2. The molecule has 1 heterocycles. The van der Waals surface area contributed by atoms with E-state index in [-0.39, 0.29) is 5.69 Å². The molecule has 1 aliphatic rings. The van der Waals surface area contributed by atoms with E-state index < -0.39 is 0 Å². The highest BCUT2D eigenvalue weighted by Crippen LogP contribution is 2.44. The van der Waals surface area contributed by atoms with Crippen LogP contribution in [0.4, 0.5) is 0 Å². The molecule has 0 spiro atoms. The number of aromatic nitrogens is 2. The molecule has 0 bridgehead atoms. The molecule has 3 heteroatoms. The smallest absolute Gasteiger partial charge is 0.260 e.